The van der Waals surface area contributed by atoms with Crippen LogP contribution in [0.25, 0.3) is 0 Å². The first-order chi connectivity index (χ1) is 7.99. The first kappa shape index (κ1) is 14.3. The van der Waals surface area contributed by atoms with Crippen LogP contribution in [0.15, 0.2) is 18.3 Å². The molecule has 0 fully saturated rings. The van der Waals surface area contributed by atoms with Gasteiger partial charge in [-0.3, -0.25) is 0 Å². The van der Waals surface area contributed by atoms with Crippen LogP contribution in [0.3, 0.4) is 0 Å². The zero-order valence-corrected chi connectivity index (χ0v) is 12.0. The Hall–Kier alpha value is -0.760. The summed E-state index contributed by atoms with van der Waals surface area (Å²) in [4.78, 5) is 0. The van der Waals surface area contributed by atoms with Crippen molar-refractivity contribution < 1.29 is 0 Å². The van der Waals surface area contributed by atoms with Gasteiger partial charge in [0.15, 0.2) is 0 Å². The monoisotopic (exact) mass is 236 g/mol. The lowest BCUT2D eigenvalue weighted by Crippen LogP contribution is -2.24. The van der Waals surface area contributed by atoms with Crippen LogP contribution in [0.1, 0.15) is 46.7 Å². The van der Waals surface area contributed by atoms with Gasteiger partial charge in [-0.2, -0.15) is 0 Å². The molecular weight excluding hydrogens is 208 g/mol. The molecule has 1 atom stereocenters. The maximum absolute atomic E-state index is 3.48. The van der Waals surface area contributed by atoms with Crippen LogP contribution < -0.4 is 5.32 Å². The lowest BCUT2D eigenvalue weighted by Gasteiger charge is -2.18. The van der Waals surface area contributed by atoms with E-state index in [-0.39, 0.29) is 0 Å². The highest BCUT2D eigenvalue weighted by atomic mass is 15.0. The summed E-state index contributed by atoms with van der Waals surface area (Å²) in [5.74, 6) is 1.54. The third kappa shape index (κ3) is 5.40. The molecule has 0 saturated heterocycles. The highest BCUT2D eigenvalue weighted by Crippen LogP contribution is 2.15. The predicted octanol–water partition coefficient (Wildman–Crippen LogP) is 3.67. The number of rotatable bonds is 7. The molecule has 0 aliphatic rings. The van der Waals surface area contributed by atoms with Gasteiger partial charge in [0.1, 0.15) is 0 Å². The van der Waals surface area contributed by atoms with Crippen molar-refractivity contribution in [1.82, 2.24) is 9.88 Å². The molecule has 17 heavy (non-hydrogen) atoms. The molecule has 0 amide bonds. The van der Waals surface area contributed by atoms with Gasteiger partial charge in [-0.1, -0.05) is 34.6 Å². The lowest BCUT2D eigenvalue weighted by atomic mass is 9.99. The van der Waals surface area contributed by atoms with Crippen molar-refractivity contribution in [2.75, 3.05) is 0 Å². The van der Waals surface area contributed by atoms with Crippen molar-refractivity contribution in [3.8, 4) is 0 Å². The fourth-order valence-corrected chi connectivity index (χ4v) is 2.31. The third-order valence-electron chi connectivity index (χ3n) is 3.00. The van der Waals surface area contributed by atoms with Crippen LogP contribution in [-0.2, 0) is 13.1 Å². The van der Waals surface area contributed by atoms with Crippen LogP contribution in [0.5, 0.6) is 0 Å². The summed E-state index contributed by atoms with van der Waals surface area (Å²) >= 11 is 0. The summed E-state index contributed by atoms with van der Waals surface area (Å²) in [6.45, 7) is 13.4. The van der Waals surface area contributed by atoms with E-state index in [1.165, 1.54) is 12.1 Å². The van der Waals surface area contributed by atoms with Gasteiger partial charge in [0.05, 0.1) is 0 Å². The van der Waals surface area contributed by atoms with Gasteiger partial charge >= 0.3 is 0 Å². The van der Waals surface area contributed by atoms with E-state index in [1.54, 1.807) is 0 Å². The zero-order chi connectivity index (χ0) is 12.8. The Balaban J connectivity index is 2.50. The Bertz CT molecular complexity index is 312. The van der Waals surface area contributed by atoms with Crippen LogP contribution >= 0.6 is 0 Å². The molecule has 0 bridgehead atoms. The second-order valence-electron chi connectivity index (χ2n) is 5.92. The van der Waals surface area contributed by atoms with Gasteiger partial charge in [0.2, 0.25) is 0 Å². The van der Waals surface area contributed by atoms with Gasteiger partial charge in [-0.15, -0.1) is 0 Å². The van der Waals surface area contributed by atoms with E-state index in [2.05, 4.69) is 62.8 Å². The lowest BCUT2D eigenvalue weighted by molar-refractivity contribution is 0.383. The molecule has 1 aromatic heterocycles. The molecular formula is C15H28N2. The van der Waals surface area contributed by atoms with E-state index < -0.39 is 0 Å². The highest BCUT2D eigenvalue weighted by molar-refractivity contribution is 5.07. The summed E-state index contributed by atoms with van der Waals surface area (Å²) in [5.41, 5.74) is 1.40. The Morgan fingerprint density at radius 1 is 1.18 bits per heavy atom. The summed E-state index contributed by atoms with van der Waals surface area (Å²) in [6.07, 6.45) is 3.50. The van der Waals surface area contributed by atoms with E-state index in [9.17, 15) is 0 Å². The maximum Gasteiger partial charge on any atom is 0.0361 e. The number of aromatic nitrogens is 1. The molecule has 1 heterocycles. The molecule has 1 aromatic rings. The predicted molar refractivity (Wildman–Crippen MR) is 75.0 cm³/mol. The van der Waals surface area contributed by atoms with E-state index in [4.69, 9.17) is 0 Å². The standard InChI is InChI=1S/C15H28N2/c1-12(2)9-14(5)11-17-8-6-7-15(17)10-16-13(3)4/h6-8,12-14,16H,9-11H2,1-5H3. The van der Waals surface area contributed by atoms with Gasteiger partial charge in [-0.05, 0) is 30.4 Å². The molecule has 2 nitrogen and oxygen atoms in total. The number of hydrogen-bond donors (Lipinski definition) is 1. The van der Waals surface area contributed by atoms with Gasteiger partial charge < -0.3 is 9.88 Å². The molecule has 0 aliphatic heterocycles. The molecule has 0 radical (unpaired) electrons. The van der Waals surface area contributed by atoms with Crippen LogP contribution in [0.4, 0.5) is 0 Å². The molecule has 0 aliphatic carbocycles. The zero-order valence-electron chi connectivity index (χ0n) is 12.0. The summed E-state index contributed by atoms with van der Waals surface area (Å²) < 4.78 is 2.39. The summed E-state index contributed by atoms with van der Waals surface area (Å²) in [5, 5.41) is 3.48. The van der Waals surface area contributed by atoms with E-state index in [0.717, 1.165) is 24.9 Å². The van der Waals surface area contributed by atoms with Crippen molar-refractivity contribution in [2.45, 2.75) is 60.2 Å². The first-order valence-electron chi connectivity index (χ1n) is 6.86. The second kappa shape index (κ2) is 6.85. The second-order valence-corrected chi connectivity index (χ2v) is 5.92. The SMILES string of the molecule is CC(C)CC(C)Cn1cccc1CNC(C)C. The summed E-state index contributed by atoms with van der Waals surface area (Å²) in [6, 6.07) is 4.92. The minimum absolute atomic E-state index is 0.548. The smallest absolute Gasteiger partial charge is 0.0361 e. The van der Waals surface area contributed by atoms with Crippen LogP contribution in [0.2, 0.25) is 0 Å². The molecule has 2 heteroatoms. The Kier molecular flexibility index (Phi) is 5.76. The van der Waals surface area contributed by atoms with Crippen LogP contribution in [-0.4, -0.2) is 10.6 Å². The van der Waals surface area contributed by atoms with E-state index in [1.807, 2.05) is 0 Å². The van der Waals surface area contributed by atoms with Crippen molar-refractivity contribution >= 4 is 0 Å². The maximum atomic E-state index is 3.48. The number of hydrogen-bond acceptors (Lipinski definition) is 1. The van der Waals surface area contributed by atoms with Gasteiger partial charge in [0.25, 0.3) is 0 Å². The largest absolute Gasteiger partial charge is 0.350 e. The Morgan fingerprint density at radius 2 is 1.88 bits per heavy atom. The molecule has 98 valence electrons. The summed E-state index contributed by atoms with van der Waals surface area (Å²) in [7, 11) is 0. The molecule has 1 N–H and O–H groups in total. The van der Waals surface area contributed by atoms with Gasteiger partial charge in [0, 0.05) is 31.0 Å². The van der Waals surface area contributed by atoms with Crippen LogP contribution in [0, 0.1) is 11.8 Å². The Labute approximate surface area is 106 Å². The molecule has 0 saturated carbocycles. The minimum Gasteiger partial charge on any atom is -0.350 e. The number of nitrogens with one attached hydrogen (secondary N) is 1. The average molecular weight is 236 g/mol. The Morgan fingerprint density at radius 3 is 2.47 bits per heavy atom. The average Bonchev–Trinajstić information content (AvgIpc) is 2.60. The van der Waals surface area contributed by atoms with E-state index >= 15 is 0 Å². The van der Waals surface area contributed by atoms with Crippen molar-refractivity contribution in [1.29, 1.82) is 0 Å². The van der Waals surface area contributed by atoms with Crippen molar-refractivity contribution in [3.63, 3.8) is 0 Å². The fraction of sp³-hybridized carbons (Fsp3) is 0.733. The molecule has 0 aromatic carbocycles. The molecule has 1 rings (SSSR count). The fourth-order valence-electron chi connectivity index (χ4n) is 2.31. The normalized spacial score (nSPS) is 13.6. The highest BCUT2D eigenvalue weighted by Gasteiger charge is 2.08. The molecule has 1 unspecified atom stereocenters. The quantitative estimate of drug-likeness (QED) is 0.764. The topological polar surface area (TPSA) is 17.0 Å². The molecule has 0 spiro atoms. The van der Waals surface area contributed by atoms with Gasteiger partial charge in [-0.25, -0.2) is 0 Å². The van der Waals surface area contributed by atoms with Crippen molar-refractivity contribution in [2.24, 2.45) is 11.8 Å². The third-order valence-corrected chi connectivity index (χ3v) is 3.00. The van der Waals surface area contributed by atoms with E-state index in [0.29, 0.717) is 6.04 Å². The first-order valence-corrected chi connectivity index (χ1v) is 6.86. The van der Waals surface area contributed by atoms with Crippen molar-refractivity contribution in [3.05, 3.63) is 24.0 Å². The minimum atomic E-state index is 0.548. The number of nitrogens with zero attached hydrogens (tertiary/aromatic N) is 1.